The molecule has 0 bridgehead atoms. The molecule has 0 aromatic heterocycles. The Hall–Kier alpha value is -2.63. The van der Waals surface area contributed by atoms with Gasteiger partial charge in [0.05, 0.1) is 0 Å². The smallest absolute Gasteiger partial charge is 0.399 e. The van der Waals surface area contributed by atoms with E-state index < -0.39 is 23.7 Å². The molecule has 0 aliphatic heterocycles. The fourth-order valence-corrected chi connectivity index (χ4v) is 3.33. The van der Waals surface area contributed by atoms with Crippen LogP contribution in [0.4, 0.5) is 22.0 Å². The molecule has 3 aromatic rings. The van der Waals surface area contributed by atoms with Gasteiger partial charge >= 0.3 is 6.36 Å². The van der Waals surface area contributed by atoms with Crippen LogP contribution in [0.15, 0.2) is 48.5 Å². The first-order valence-corrected chi connectivity index (χ1v) is 9.54. The number of rotatable bonds is 7. The zero-order valence-electron chi connectivity index (χ0n) is 16.0. The summed E-state index contributed by atoms with van der Waals surface area (Å²) < 4.78 is 68.3. The third-order valence-corrected chi connectivity index (χ3v) is 4.77. The van der Waals surface area contributed by atoms with Crippen molar-refractivity contribution in [1.29, 1.82) is 0 Å². The Morgan fingerprint density at radius 2 is 1.41 bits per heavy atom. The molecule has 154 valence electrons. The van der Waals surface area contributed by atoms with E-state index in [1.54, 1.807) is 12.1 Å². The number of unbranched alkanes of at least 4 members (excludes halogenated alkanes) is 3. The van der Waals surface area contributed by atoms with Crippen molar-refractivity contribution in [2.24, 2.45) is 0 Å². The summed E-state index contributed by atoms with van der Waals surface area (Å²) in [6, 6.07) is 13.0. The largest absolute Gasteiger partial charge is 0.573 e. The Labute approximate surface area is 166 Å². The van der Waals surface area contributed by atoms with Crippen LogP contribution < -0.4 is 4.74 Å². The number of aryl methyl sites for hydroxylation is 1. The Morgan fingerprint density at radius 3 is 2.07 bits per heavy atom. The summed E-state index contributed by atoms with van der Waals surface area (Å²) in [4.78, 5) is 0. The van der Waals surface area contributed by atoms with Gasteiger partial charge in [-0.1, -0.05) is 56.5 Å². The van der Waals surface area contributed by atoms with Gasteiger partial charge in [0, 0.05) is 0 Å². The van der Waals surface area contributed by atoms with Crippen LogP contribution in [0.25, 0.3) is 21.9 Å². The summed E-state index contributed by atoms with van der Waals surface area (Å²) in [5.41, 5.74) is 1.87. The highest BCUT2D eigenvalue weighted by Gasteiger charge is 2.34. The topological polar surface area (TPSA) is 9.23 Å². The molecule has 0 unspecified atom stereocenters. The molecular weight excluding hydrogens is 387 g/mol. The zero-order chi connectivity index (χ0) is 21.0. The van der Waals surface area contributed by atoms with Gasteiger partial charge in [-0.05, 0) is 58.5 Å². The van der Waals surface area contributed by atoms with Gasteiger partial charge in [0.1, 0.15) is 0 Å². The fraction of sp³-hybridized carbons (Fsp3) is 0.304. The van der Waals surface area contributed by atoms with Crippen LogP contribution in [0.3, 0.4) is 0 Å². The maximum absolute atomic E-state index is 14.0. The van der Waals surface area contributed by atoms with E-state index in [-0.39, 0.29) is 5.56 Å². The molecular formula is C23H21F5O. The lowest BCUT2D eigenvalue weighted by Crippen LogP contribution is -2.19. The summed E-state index contributed by atoms with van der Waals surface area (Å²) >= 11 is 0. The van der Waals surface area contributed by atoms with Crippen LogP contribution in [-0.4, -0.2) is 6.36 Å². The number of halogens is 5. The van der Waals surface area contributed by atoms with Crippen molar-refractivity contribution >= 4 is 10.8 Å². The first kappa shape index (κ1) is 21.1. The van der Waals surface area contributed by atoms with E-state index >= 15 is 0 Å². The highest BCUT2D eigenvalue weighted by Crippen LogP contribution is 2.33. The first-order chi connectivity index (χ1) is 13.8. The molecule has 0 aliphatic carbocycles. The lowest BCUT2D eigenvalue weighted by molar-refractivity contribution is -0.276. The second-order valence-electron chi connectivity index (χ2n) is 7.02. The van der Waals surface area contributed by atoms with Gasteiger partial charge in [0.25, 0.3) is 0 Å². The van der Waals surface area contributed by atoms with Crippen molar-refractivity contribution in [1.82, 2.24) is 0 Å². The number of fused-ring (bicyclic) bond motifs is 1. The quantitative estimate of drug-likeness (QED) is 0.286. The number of benzene rings is 3. The summed E-state index contributed by atoms with van der Waals surface area (Å²) in [7, 11) is 0. The molecule has 3 rings (SSSR count). The van der Waals surface area contributed by atoms with Crippen molar-refractivity contribution < 1.29 is 26.7 Å². The molecule has 0 N–H and O–H groups in total. The molecule has 29 heavy (non-hydrogen) atoms. The standard InChI is InChI=1S/C23H21F5O/c1-2-3-4-5-6-15-7-8-17-12-18(10-9-16(17)11-15)19-13-20(24)22(21(25)14-19)29-23(26,27)28/h7-14H,2-6H2,1H3. The van der Waals surface area contributed by atoms with Gasteiger partial charge in [-0.3, -0.25) is 0 Å². The zero-order valence-corrected chi connectivity index (χ0v) is 16.0. The Balaban J connectivity index is 1.85. The Morgan fingerprint density at radius 1 is 0.759 bits per heavy atom. The summed E-state index contributed by atoms with van der Waals surface area (Å²) in [6.45, 7) is 2.17. The molecule has 0 heterocycles. The summed E-state index contributed by atoms with van der Waals surface area (Å²) in [5, 5.41) is 1.89. The summed E-state index contributed by atoms with van der Waals surface area (Å²) in [6.07, 6.45) is 0.554. The minimum absolute atomic E-state index is 0.139. The number of hydrogen-bond acceptors (Lipinski definition) is 1. The average Bonchev–Trinajstić information content (AvgIpc) is 2.66. The van der Waals surface area contributed by atoms with Crippen LogP contribution >= 0.6 is 0 Å². The minimum atomic E-state index is -5.17. The van der Waals surface area contributed by atoms with Gasteiger partial charge in [0.2, 0.25) is 5.75 Å². The molecule has 0 saturated heterocycles. The number of hydrogen-bond donors (Lipinski definition) is 0. The van der Waals surface area contributed by atoms with Crippen LogP contribution in [0.5, 0.6) is 5.75 Å². The van der Waals surface area contributed by atoms with Gasteiger partial charge in [0.15, 0.2) is 11.6 Å². The lowest BCUT2D eigenvalue weighted by Gasteiger charge is -2.12. The normalized spacial score (nSPS) is 11.8. The van der Waals surface area contributed by atoms with Crippen molar-refractivity contribution in [3.8, 4) is 16.9 Å². The third-order valence-electron chi connectivity index (χ3n) is 4.77. The fourth-order valence-electron chi connectivity index (χ4n) is 3.33. The van der Waals surface area contributed by atoms with Gasteiger partial charge < -0.3 is 4.74 Å². The van der Waals surface area contributed by atoms with E-state index in [1.807, 2.05) is 18.2 Å². The second kappa shape index (κ2) is 8.80. The van der Waals surface area contributed by atoms with Crippen LogP contribution in [0.1, 0.15) is 38.2 Å². The molecule has 0 aliphatic rings. The minimum Gasteiger partial charge on any atom is -0.399 e. The van der Waals surface area contributed by atoms with E-state index in [0.717, 1.165) is 35.7 Å². The average molecular weight is 408 g/mol. The van der Waals surface area contributed by atoms with Crippen LogP contribution in [0.2, 0.25) is 0 Å². The van der Waals surface area contributed by atoms with Crippen molar-refractivity contribution in [3.63, 3.8) is 0 Å². The van der Waals surface area contributed by atoms with E-state index in [4.69, 9.17) is 0 Å². The van der Waals surface area contributed by atoms with E-state index in [1.165, 1.54) is 24.8 Å². The highest BCUT2D eigenvalue weighted by atomic mass is 19.4. The highest BCUT2D eigenvalue weighted by molar-refractivity contribution is 5.88. The van der Waals surface area contributed by atoms with Crippen LogP contribution in [0, 0.1) is 11.6 Å². The number of ether oxygens (including phenoxy) is 1. The molecule has 1 nitrogen and oxygen atoms in total. The Kier molecular flexibility index (Phi) is 6.40. The molecule has 0 spiro atoms. The SMILES string of the molecule is CCCCCCc1ccc2cc(-c3cc(F)c(OC(F)(F)F)c(F)c3)ccc2c1. The van der Waals surface area contributed by atoms with E-state index in [9.17, 15) is 22.0 Å². The van der Waals surface area contributed by atoms with Crippen LogP contribution in [-0.2, 0) is 6.42 Å². The van der Waals surface area contributed by atoms with Gasteiger partial charge in [-0.15, -0.1) is 13.2 Å². The lowest BCUT2D eigenvalue weighted by atomic mass is 9.98. The molecule has 0 saturated carbocycles. The summed E-state index contributed by atoms with van der Waals surface area (Å²) in [5.74, 6) is -4.26. The predicted molar refractivity (Wildman–Crippen MR) is 104 cm³/mol. The maximum Gasteiger partial charge on any atom is 0.573 e. The second-order valence-corrected chi connectivity index (χ2v) is 7.02. The predicted octanol–water partition coefficient (Wildman–Crippen LogP) is 7.81. The molecule has 0 fully saturated rings. The molecule has 0 atom stereocenters. The van der Waals surface area contributed by atoms with E-state index in [2.05, 4.69) is 17.7 Å². The Bertz CT molecular complexity index is 971. The molecule has 0 radical (unpaired) electrons. The van der Waals surface area contributed by atoms with Gasteiger partial charge in [-0.2, -0.15) is 0 Å². The first-order valence-electron chi connectivity index (χ1n) is 9.54. The number of alkyl halides is 3. The molecule has 3 aromatic carbocycles. The van der Waals surface area contributed by atoms with Gasteiger partial charge in [-0.25, -0.2) is 8.78 Å². The van der Waals surface area contributed by atoms with Crippen molar-refractivity contribution in [2.75, 3.05) is 0 Å². The monoisotopic (exact) mass is 408 g/mol. The van der Waals surface area contributed by atoms with Crippen molar-refractivity contribution in [3.05, 3.63) is 65.7 Å². The van der Waals surface area contributed by atoms with E-state index in [0.29, 0.717) is 5.56 Å². The van der Waals surface area contributed by atoms with Crippen molar-refractivity contribution in [2.45, 2.75) is 45.4 Å². The molecule has 0 amide bonds. The maximum atomic E-state index is 14.0. The third kappa shape index (κ3) is 5.46. The molecule has 6 heteroatoms.